The molecule has 1 aliphatic heterocycles. The Morgan fingerprint density at radius 2 is 2.04 bits per heavy atom. The van der Waals surface area contributed by atoms with Crippen LogP contribution in [0.15, 0.2) is 35.2 Å². The van der Waals surface area contributed by atoms with Gasteiger partial charge < -0.3 is 0 Å². The molecule has 23 heavy (non-hydrogen) atoms. The van der Waals surface area contributed by atoms with Gasteiger partial charge in [-0.05, 0) is 54.6 Å². The number of carbonyl (C=O) groups is 2. The van der Waals surface area contributed by atoms with Crippen molar-refractivity contribution in [2.75, 3.05) is 0 Å². The first-order chi connectivity index (χ1) is 10.9. The van der Waals surface area contributed by atoms with Crippen molar-refractivity contribution in [1.29, 1.82) is 0 Å². The second kappa shape index (κ2) is 6.47. The van der Waals surface area contributed by atoms with Gasteiger partial charge in [-0.2, -0.15) is 0 Å². The molecular weight excluding hydrogens is 357 g/mol. The number of rotatable bonds is 3. The summed E-state index contributed by atoms with van der Waals surface area (Å²) in [5.41, 5.74) is 0.531. The van der Waals surface area contributed by atoms with Crippen LogP contribution < -0.4 is 0 Å². The molecule has 2 aromatic rings. The van der Waals surface area contributed by atoms with E-state index in [-0.39, 0.29) is 22.7 Å². The lowest BCUT2D eigenvalue weighted by Gasteiger charge is -2.13. The lowest BCUT2D eigenvalue weighted by Crippen LogP contribution is -2.27. The number of benzene rings is 1. The molecule has 0 saturated carbocycles. The SMILES string of the molecule is Cc1ccc(C=C2SC(=O)N(Cc3ccc(F)cc3Cl)C2=O)s1. The Hall–Kier alpha value is -1.63. The Balaban J connectivity index is 1.82. The third-order valence-corrected chi connectivity index (χ3v) is 5.46. The number of nitrogens with zero attached hydrogens (tertiary/aromatic N) is 1. The van der Waals surface area contributed by atoms with E-state index in [9.17, 15) is 14.0 Å². The minimum Gasteiger partial charge on any atom is -0.268 e. The van der Waals surface area contributed by atoms with Crippen molar-refractivity contribution in [3.8, 4) is 0 Å². The normalized spacial score (nSPS) is 16.7. The van der Waals surface area contributed by atoms with Crippen LogP contribution in [-0.2, 0) is 11.3 Å². The fraction of sp³-hybridized carbons (Fsp3) is 0.125. The minimum absolute atomic E-state index is 0.0323. The number of aryl methyl sites for hydroxylation is 1. The number of hydrogen-bond acceptors (Lipinski definition) is 4. The maximum absolute atomic E-state index is 13.1. The van der Waals surface area contributed by atoms with Gasteiger partial charge >= 0.3 is 0 Å². The third-order valence-electron chi connectivity index (χ3n) is 3.25. The molecule has 0 bridgehead atoms. The van der Waals surface area contributed by atoms with Crippen LogP contribution in [0.2, 0.25) is 5.02 Å². The van der Waals surface area contributed by atoms with Gasteiger partial charge in [0.2, 0.25) is 0 Å². The zero-order valence-corrected chi connectivity index (χ0v) is 14.4. The summed E-state index contributed by atoms with van der Waals surface area (Å²) < 4.78 is 13.1. The Morgan fingerprint density at radius 1 is 1.26 bits per heavy atom. The first-order valence-corrected chi connectivity index (χ1v) is 8.71. The van der Waals surface area contributed by atoms with Crippen LogP contribution in [0.3, 0.4) is 0 Å². The van der Waals surface area contributed by atoms with Gasteiger partial charge in [-0.15, -0.1) is 11.3 Å². The number of thiophene rings is 1. The van der Waals surface area contributed by atoms with E-state index in [2.05, 4.69) is 0 Å². The molecule has 2 amide bonds. The van der Waals surface area contributed by atoms with E-state index in [1.54, 1.807) is 17.4 Å². The molecule has 0 N–H and O–H groups in total. The van der Waals surface area contributed by atoms with E-state index in [0.29, 0.717) is 10.5 Å². The van der Waals surface area contributed by atoms with E-state index >= 15 is 0 Å². The molecule has 1 saturated heterocycles. The summed E-state index contributed by atoms with van der Waals surface area (Å²) in [5.74, 6) is -0.813. The van der Waals surface area contributed by atoms with Gasteiger partial charge in [0, 0.05) is 14.8 Å². The lowest BCUT2D eigenvalue weighted by molar-refractivity contribution is -0.123. The predicted octanol–water partition coefficient (Wildman–Crippen LogP) is 5.09. The van der Waals surface area contributed by atoms with Crippen molar-refractivity contribution in [1.82, 2.24) is 4.90 Å². The summed E-state index contributed by atoms with van der Waals surface area (Å²) >= 11 is 8.42. The highest BCUT2D eigenvalue weighted by Gasteiger charge is 2.35. The molecule has 2 heterocycles. The van der Waals surface area contributed by atoms with Crippen LogP contribution in [0, 0.1) is 12.7 Å². The van der Waals surface area contributed by atoms with Crippen LogP contribution in [0.4, 0.5) is 9.18 Å². The van der Waals surface area contributed by atoms with Crippen LogP contribution in [0.25, 0.3) is 6.08 Å². The minimum atomic E-state index is -0.458. The van der Waals surface area contributed by atoms with Crippen molar-refractivity contribution in [3.63, 3.8) is 0 Å². The van der Waals surface area contributed by atoms with Crippen molar-refractivity contribution in [2.24, 2.45) is 0 Å². The van der Waals surface area contributed by atoms with Gasteiger partial charge in [-0.1, -0.05) is 17.7 Å². The second-order valence-corrected chi connectivity index (χ2v) is 7.67. The van der Waals surface area contributed by atoms with Gasteiger partial charge in [0.05, 0.1) is 11.4 Å². The standard InChI is InChI=1S/C16H11ClFNO2S2/c1-9-2-5-12(22-9)7-14-15(20)19(16(21)23-14)8-10-3-4-11(18)6-13(10)17/h2-7H,8H2,1H3. The number of carbonyl (C=O) groups excluding carboxylic acids is 2. The van der Waals surface area contributed by atoms with Gasteiger partial charge in [0.15, 0.2) is 0 Å². The molecule has 1 aromatic heterocycles. The number of imide groups is 1. The molecular formula is C16H11ClFNO2S2. The largest absolute Gasteiger partial charge is 0.293 e. The summed E-state index contributed by atoms with van der Waals surface area (Å²) in [4.78, 5) is 28.1. The Morgan fingerprint density at radius 3 is 2.70 bits per heavy atom. The Labute approximate surface area is 145 Å². The Bertz CT molecular complexity index is 831. The maximum atomic E-state index is 13.1. The van der Waals surface area contributed by atoms with E-state index < -0.39 is 5.82 Å². The molecule has 118 valence electrons. The van der Waals surface area contributed by atoms with Gasteiger partial charge in [0.25, 0.3) is 11.1 Å². The smallest absolute Gasteiger partial charge is 0.268 e. The maximum Gasteiger partial charge on any atom is 0.293 e. The topological polar surface area (TPSA) is 37.4 Å². The molecule has 1 fully saturated rings. The summed E-state index contributed by atoms with van der Waals surface area (Å²) in [6.07, 6.45) is 1.72. The summed E-state index contributed by atoms with van der Waals surface area (Å²) in [6, 6.07) is 7.77. The third kappa shape index (κ3) is 3.49. The molecule has 0 radical (unpaired) electrons. The highest BCUT2D eigenvalue weighted by atomic mass is 35.5. The predicted molar refractivity (Wildman–Crippen MR) is 92.0 cm³/mol. The molecule has 7 heteroatoms. The lowest BCUT2D eigenvalue weighted by atomic mass is 10.2. The highest BCUT2D eigenvalue weighted by molar-refractivity contribution is 8.18. The fourth-order valence-corrected chi connectivity index (χ4v) is 4.07. The number of halogens is 2. The fourth-order valence-electron chi connectivity index (χ4n) is 2.12. The number of amides is 2. The number of thioether (sulfide) groups is 1. The average molecular weight is 368 g/mol. The van der Waals surface area contributed by atoms with Gasteiger partial charge in [-0.25, -0.2) is 4.39 Å². The van der Waals surface area contributed by atoms with Crippen LogP contribution in [0.1, 0.15) is 15.3 Å². The monoisotopic (exact) mass is 367 g/mol. The van der Waals surface area contributed by atoms with Crippen LogP contribution in [-0.4, -0.2) is 16.0 Å². The van der Waals surface area contributed by atoms with Crippen LogP contribution >= 0.6 is 34.7 Å². The van der Waals surface area contributed by atoms with E-state index in [4.69, 9.17) is 11.6 Å². The average Bonchev–Trinajstić information content (AvgIpc) is 3.00. The summed E-state index contributed by atoms with van der Waals surface area (Å²) in [5, 5.41) is -0.156. The summed E-state index contributed by atoms with van der Waals surface area (Å²) in [6.45, 7) is 2.01. The van der Waals surface area contributed by atoms with E-state index in [0.717, 1.165) is 26.4 Å². The van der Waals surface area contributed by atoms with Crippen molar-refractivity contribution in [2.45, 2.75) is 13.5 Å². The van der Waals surface area contributed by atoms with Gasteiger partial charge in [0.1, 0.15) is 5.82 Å². The van der Waals surface area contributed by atoms with E-state index in [1.165, 1.54) is 18.2 Å². The molecule has 0 unspecified atom stereocenters. The molecule has 3 rings (SSSR count). The molecule has 3 nitrogen and oxygen atoms in total. The molecule has 0 aliphatic carbocycles. The van der Waals surface area contributed by atoms with Gasteiger partial charge in [-0.3, -0.25) is 14.5 Å². The van der Waals surface area contributed by atoms with Crippen molar-refractivity contribution in [3.05, 3.63) is 61.4 Å². The molecule has 0 atom stereocenters. The molecule has 1 aromatic carbocycles. The van der Waals surface area contributed by atoms with Crippen LogP contribution in [0.5, 0.6) is 0 Å². The van der Waals surface area contributed by atoms with E-state index in [1.807, 2.05) is 19.1 Å². The Kier molecular flexibility index (Phi) is 4.57. The van der Waals surface area contributed by atoms with Crippen molar-refractivity contribution < 1.29 is 14.0 Å². The molecule has 0 spiro atoms. The quantitative estimate of drug-likeness (QED) is 0.709. The molecule has 1 aliphatic rings. The first-order valence-electron chi connectivity index (χ1n) is 6.70. The first kappa shape index (κ1) is 16.2. The highest BCUT2D eigenvalue weighted by Crippen LogP contribution is 2.35. The van der Waals surface area contributed by atoms with Crippen molar-refractivity contribution >= 4 is 51.9 Å². The number of hydrogen-bond donors (Lipinski definition) is 0. The summed E-state index contributed by atoms with van der Waals surface area (Å²) in [7, 11) is 0. The zero-order valence-electron chi connectivity index (χ0n) is 12.0. The second-order valence-electron chi connectivity index (χ2n) is 4.95. The zero-order chi connectivity index (χ0) is 16.6.